The van der Waals surface area contributed by atoms with Crippen LogP contribution in [0.15, 0.2) is 65.6 Å². The molecule has 3 aromatic carbocycles. The number of nitrogens with one attached hydrogen (secondary N) is 1. The monoisotopic (exact) mass is 678 g/mol. The maximum Gasteiger partial charge on any atom is 0.293 e. The number of imide groups is 1. The van der Waals surface area contributed by atoms with E-state index in [1.54, 1.807) is 30.3 Å². The van der Waals surface area contributed by atoms with E-state index >= 15 is 0 Å². The van der Waals surface area contributed by atoms with E-state index < -0.39 is 0 Å². The number of benzene rings is 3. The van der Waals surface area contributed by atoms with Crippen molar-refractivity contribution in [2.45, 2.75) is 6.92 Å². The van der Waals surface area contributed by atoms with Crippen LogP contribution in [-0.4, -0.2) is 48.8 Å². The van der Waals surface area contributed by atoms with E-state index in [-0.39, 0.29) is 36.8 Å². The van der Waals surface area contributed by atoms with Crippen LogP contribution >= 0.6 is 46.0 Å². The standard InChI is InChI=1S/C28H24ClIN2O6S/c1-17-8-9-19(15-21(17)29)31-25(33)16-38-26-22(30)12-18(13-23(26)36-2)14-24-27(34)32(28(35)39-24)10-11-37-20-6-4-3-5-7-20/h3-9,12-15H,10-11,16H2,1-2H3,(H,31,33)/b24-14-. The fourth-order valence-electron chi connectivity index (χ4n) is 3.58. The highest BCUT2D eigenvalue weighted by atomic mass is 127. The number of aryl methyl sites for hydroxylation is 1. The SMILES string of the molecule is COc1cc(/C=C2\SC(=O)N(CCOc3ccccc3)C2=O)cc(I)c1OCC(=O)Nc1ccc(C)c(Cl)c1. The molecule has 0 atom stereocenters. The van der Waals surface area contributed by atoms with Crippen molar-refractivity contribution in [2.24, 2.45) is 0 Å². The van der Waals surface area contributed by atoms with Gasteiger partial charge >= 0.3 is 0 Å². The van der Waals surface area contributed by atoms with Crippen LogP contribution < -0.4 is 19.5 Å². The number of amides is 3. The summed E-state index contributed by atoms with van der Waals surface area (Å²) in [5.74, 6) is 0.694. The molecule has 3 aromatic rings. The zero-order valence-electron chi connectivity index (χ0n) is 21.0. The van der Waals surface area contributed by atoms with Crippen molar-refractivity contribution in [3.63, 3.8) is 0 Å². The van der Waals surface area contributed by atoms with Crippen molar-refractivity contribution in [1.29, 1.82) is 0 Å². The van der Waals surface area contributed by atoms with Gasteiger partial charge < -0.3 is 19.5 Å². The van der Waals surface area contributed by atoms with Crippen LogP contribution in [0.4, 0.5) is 10.5 Å². The molecule has 11 heteroatoms. The molecule has 39 heavy (non-hydrogen) atoms. The molecule has 0 radical (unpaired) electrons. The third-order valence-electron chi connectivity index (χ3n) is 5.55. The van der Waals surface area contributed by atoms with Crippen LogP contribution in [0.5, 0.6) is 17.2 Å². The third kappa shape index (κ3) is 7.46. The summed E-state index contributed by atoms with van der Waals surface area (Å²) in [6, 6.07) is 17.9. The lowest BCUT2D eigenvalue weighted by Crippen LogP contribution is -2.32. The summed E-state index contributed by atoms with van der Waals surface area (Å²) >= 11 is 9.06. The normalized spacial score (nSPS) is 14.1. The summed E-state index contributed by atoms with van der Waals surface area (Å²) in [6.07, 6.45) is 1.63. The lowest BCUT2D eigenvalue weighted by Gasteiger charge is -2.14. The maximum atomic E-state index is 12.9. The van der Waals surface area contributed by atoms with Gasteiger partial charge in [0.05, 0.1) is 22.1 Å². The molecule has 1 saturated heterocycles. The average molecular weight is 679 g/mol. The molecule has 0 unspecified atom stereocenters. The van der Waals surface area contributed by atoms with Gasteiger partial charge in [-0.15, -0.1) is 0 Å². The van der Waals surface area contributed by atoms with Gasteiger partial charge in [0, 0.05) is 10.7 Å². The lowest BCUT2D eigenvalue weighted by molar-refractivity contribution is -0.123. The topological polar surface area (TPSA) is 94.2 Å². The van der Waals surface area contributed by atoms with E-state index in [0.29, 0.717) is 42.0 Å². The number of carbonyl (C=O) groups is 3. The first-order valence-corrected chi connectivity index (χ1v) is 14.0. The summed E-state index contributed by atoms with van der Waals surface area (Å²) in [5, 5.41) is 2.95. The molecular weight excluding hydrogens is 655 g/mol. The Morgan fingerprint density at radius 1 is 1.10 bits per heavy atom. The van der Waals surface area contributed by atoms with Crippen LogP contribution in [-0.2, 0) is 9.59 Å². The van der Waals surface area contributed by atoms with Crippen LogP contribution in [0.3, 0.4) is 0 Å². The minimum atomic E-state index is -0.385. The van der Waals surface area contributed by atoms with Gasteiger partial charge in [0.1, 0.15) is 12.4 Å². The highest BCUT2D eigenvalue weighted by molar-refractivity contribution is 14.1. The summed E-state index contributed by atoms with van der Waals surface area (Å²) in [7, 11) is 1.48. The number of hydrogen-bond donors (Lipinski definition) is 1. The number of anilines is 1. The number of nitrogens with zero attached hydrogens (tertiary/aromatic N) is 1. The van der Waals surface area contributed by atoms with Crippen molar-refractivity contribution in [3.05, 3.63) is 85.3 Å². The van der Waals surface area contributed by atoms with Crippen molar-refractivity contribution >= 4 is 74.8 Å². The van der Waals surface area contributed by atoms with E-state index in [9.17, 15) is 14.4 Å². The summed E-state index contributed by atoms with van der Waals surface area (Å²) in [5.41, 5.74) is 2.12. The summed E-state index contributed by atoms with van der Waals surface area (Å²) in [4.78, 5) is 39.2. The van der Waals surface area contributed by atoms with Crippen molar-refractivity contribution < 1.29 is 28.6 Å². The molecule has 1 aliphatic rings. The highest BCUT2D eigenvalue weighted by Crippen LogP contribution is 2.37. The molecule has 0 spiro atoms. The molecule has 0 aliphatic carbocycles. The number of halogens is 2. The summed E-state index contributed by atoms with van der Waals surface area (Å²) < 4.78 is 17.5. The Morgan fingerprint density at radius 2 is 1.87 bits per heavy atom. The Morgan fingerprint density at radius 3 is 2.59 bits per heavy atom. The van der Waals surface area contributed by atoms with Crippen LogP contribution in [0.25, 0.3) is 6.08 Å². The van der Waals surface area contributed by atoms with Gasteiger partial charge in [-0.1, -0.05) is 35.9 Å². The molecule has 0 saturated carbocycles. The fourth-order valence-corrected chi connectivity index (χ4v) is 5.41. The molecule has 3 amide bonds. The third-order valence-corrected chi connectivity index (χ3v) is 7.67. The number of carbonyl (C=O) groups excluding carboxylic acids is 3. The molecule has 0 bridgehead atoms. The Labute approximate surface area is 248 Å². The molecule has 1 heterocycles. The van der Waals surface area contributed by atoms with Gasteiger partial charge in [0.15, 0.2) is 18.1 Å². The number of thioether (sulfide) groups is 1. The molecular formula is C28H24ClIN2O6S. The lowest BCUT2D eigenvalue weighted by atomic mass is 10.2. The predicted molar refractivity (Wildman–Crippen MR) is 161 cm³/mol. The zero-order valence-corrected chi connectivity index (χ0v) is 24.8. The first kappa shape index (κ1) is 28.8. The fraction of sp³-hybridized carbons (Fsp3) is 0.179. The number of ether oxygens (including phenoxy) is 3. The van der Waals surface area contributed by atoms with Gasteiger partial charge in [-0.2, -0.15) is 0 Å². The van der Waals surface area contributed by atoms with Gasteiger partial charge in [0.2, 0.25) is 0 Å². The first-order chi connectivity index (χ1) is 18.7. The quantitative estimate of drug-likeness (QED) is 0.196. The van der Waals surface area contributed by atoms with Crippen LogP contribution in [0.2, 0.25) is 5.02 Å². The van der Waals surface area contributed by atoms with Crippen molar-refractivity contribution in [3.8, 4) is 17.2 Å². The van der Waals surface area contributed by atoms with E-state index in [1.807, 2.05) is 43.3 Å². The minimum Gasteiger partial charge on any atom is -0.493 e. The van der Waals surface area contributed by atoms with E-state index in [0.717, 1.165) is 17.3 Å². The van der Waals surface area contributed by atoms with E-state index in [4.69, 9.17) is 25.8 Å². The van der Waals surface area contributed by atoms with E-state index in [2.05, 4.69) is 27.9 Å². The molecule has 1 fully saturated rings. The Kier molecular flexibility index (Phi) is 9.76. The van der Waals surface area contributed by atoms with Gasteiger partial charge in [-0.05, 0) is 94.9 Å². The van der Waals surface area contributed by atoms with Gasteiger partial charge in [-0.25, -0.2) is 0 Å². The largest absolute Gasteiger partial charge is 0.493 e. The Balaban J connectivity index is 1.40. The number of methoxy groups -OCH3 is 1. The second-order valence-corrected chi connectivity index (χ2v) is 10.9. The maximum absolute atomic E-state index is 12.9. The number of para-hydroxylation sites is 1. The number of rotatable bonds is 10. The van der Waals surface area contributed by atoms with Gasteiger partial charge in [-0.3, -0.25) is 19.3 Å². The molecule has 4 rings (SSSR count). The van der Waals surface area contributed by atoms with Crippen molar-refractivity contribution in [2.75, 3.05) is 32.2 Å². The molecule has 202 valence electrons. The molecule has 0 aromatic heterocycles. The predicted octanol–water partition coefficient (Wildman–Crippen LogP) is 6.39. The second-order valence-electron chi connectivity index (χ2n) is 8.33. The van der Waals surface area contributed by atoms with Crippen LogP contribution in [0, 0.1) is 10.5 Å². The molecule has 1 N–H and O–H groups in total. The Hall–Kier alpha value is -3.22. The van der Waals surface area contributed by atoms with E-state index in [1.165, 1.54) is 12.0 Å². The minimum absolute atomic E-state index is 0.140. The smallest absolute Gasteiger partial charge is 0.293 e. The second kappa shape index (κ2) is 13.2. The van der Waals surface area contributed by atoms with Crippen molar-refractivity contribution in [1.82, 2.24) is 4.90 Å². The Bertz CT molecular complexity index is 1430. The zero-order chi connectivity index (χ0) is 27.9. The summed E-state index contributed by atoms with van der Waals surface area (Å²) in [6.45, 7) is 1.96. The average Bonchev–Trinajstić information content (AvgIpc) is 3.17. The molecule has 1 aliphatic heterocycles. The van der Waals surface area contributed by atoms with Crippen LogP contribution in [0.1, 0.15) is 11.1 Å². The van der Waals surface area contributed by atoms with Gasteiger partial charge in [0.25, 0.3) is 17.1 Å². The highest BCUT2D eigenvalue weighted by Gasteiger charge is 2.35. The molecule has 8 nitrogen and oxygen atoms in total. The first-order valence-electron chi connectivity index (χ1n) is 11.7. The number of hydrogen-bond acceptors (Lipinski definition) is 7.